The van der Waals surface area contributed by atoms with E-state index >= 15 is 0 Å². The third-order valence-corrected chi connectivity index (χ3v) is 2.59. The van der Waals surface area contributed by atoms with E-state index in [0.29, 0.717) is 0 Å². The molecule has 1 aliphatic carbocycles. The predicted molar refractivity (Wildman–Crippen MR) is 89.1 cm³/mol. The number of hydrogen-bond acceptors (Lipinski definition) is 4. The standard InChI is InChI=1S/C11H14O2.C3H8.C2H7N.CH2O/c1-11(6-3-7-11)13-10-5-2-4-9(12)8-10;2*1-3-2;1-2/h2,4-5,8,12H,3,6-7H2,1H3;3H2,1-2H3;3H,1-2H3;1H2. The van der Waals surface area contributed by atoms with E-state index in [1.165, 1.54) is 12.8 Å². The molecule has 1 aromatic rings. The topological polar surface area (TPSA) is 58.6 Å². The maximum absolute atomic E-state index is 9.22. The molecule has 1 saturated carbocycles. The molecule has 0 bridgehead atoms. The molecule has 0 aromatic heterocycles. The van der Waals surface area contributed by atoms with Gasteiger partial charge in [0.15, 0.2) is 0 Å². The third kappa shape index (κ3) is 10.9. The molecule has 2 rings (SSSR count). The van der Waals surface area contributed by atoms with Crippen LogP contribution in [-0.2, 0) is 4.79 Å². The highest BCUT2D eigenvalue weighted by Gasteiger charge is 2.33. The smallest absolute Gasteiger partial charge is 0.123 e. The molecule has 122 valence electrons. The van der Waals surface area contributed by atoms with E-state index in [9.17, 15) is 5.11 Å². The van der Waals surface area contributed by atoms with Gasteiger partial charge in [-0.2, -0.15) is 0 Å². The van der Waals surface area contributed by atoms with Crippen LogP contribution >= 0.6 is 0 Å². The zero-order chi connectivity index (χ0) is 16.7. The summed E-state index contributed by atoms with van der Waals surface area (Å²) in [6.45, 7) is 8.36. The van der Waals surface area contributed by atoms with Crippen LogP contribution in [0.4, 0.5) is 0 Å². The van der Waals surface area contributed by atoms with Gasteiger partial charge in [-0.05, 0) is 52.4 Å². The number of phenols is 1. The maximum Gasteiger partial charge on any atom is 0.123 e. The van der Waals surface area contributed by atoms with Gasteiger partial charge in [0.25, 0.3) is 0 Å². The zero-order valence-electron chi connectivity index (χ0n) is 14.1. The van der Waals surface area contributed by atoms with Crippen LogP contribution in [0.1, 0.15) is 46.5 Å². The van der Waals surface area contributed by atoms with Crippen molar-refractivity contribution in [3.63, 3.8) is 0 Å². The fourth-order valence-electron chi connectivity index (χ4n) is 1.61. The summed E-state index contributed by atoms with van der Waals surface area (Å²) >= 11 is 0. The first-order valence-electron chi connectivity index (χ1n) is 7.36. The lowest BCUT2D eigenvalue weighted by molar-refractivity contribution is -0.0980. The summed E-state index contributed by atoms with van der Waals surface area (Å²) in [6, 6.07) is 6.98. The van der Waals surface area contributed by atoms with Gasteiger partial charge >= 0.3 is 0 Å². The molecule has 0 unspecified atom stereocenters. The summed E-state index contributed by atoms with van der Waals surface area (Å²) < 4.78 is 5.76. The van der Waals surface area contributed by atoms with Crippen molar-refractivity contribution in [2.24, 2.45) is 0 Å². The molecule has 1 aliphatic rings. The first kappa shape index (κ1) is 21.7. The second kappa shape index (κ2) is 13.4. The first-order valence-corrected chi connectivity index (χ1v) is 7.36. The number of carbonyl (C=O) groups is 1. The van der Waals surface area contributed by atoms with Crippen molar-refractivity contribution in [1.82, 2.24) is 5.32 Å². The van der Waals surface area contributed by atoms with Crippen LogP contribution in [0.5, 0.6) is 11.5 Å². The molecular formula is C17H31NO3. The van der Waals surface area contributed by atoms with Gasteiger partial charge in [0, 0.05) is 6.07 Å². The van der Waals surface area contributed by atoms with Gasteiger partial charge in [0.1, 0.15) is 23.9 Å². The molecule has 0 spiro atoms. The van der Waals surface area contributed by atoms with Gasteiger partial charge in [0.05, 0.1) is 0 Å². The number of ether oxygens (including phenoxy) is 1. The Balaban J connectivity index is 0. The molecule has 0 saturated heterocycles. The monoisotopic (exact) mass is 297 g/mol. The van der Waals surface area contributed by atoms with Crippen molar-refractivity contribution < 1.29 is 14.6 Å². The Bertz CT molecular complexity index is 350. The van der Waals surface area contributed by atoms with E-state index in [4.69, 9.17) is 9.53 Å². The lowest BCUT2D eigenvalue weighted by Crippen LogP contribution is -2.39. The number of nitrogens with one attached hydrogen (secondary N) is 1. The van der Waals surface area contributed by atoms with Crippen molar-refractivity contribution in [3.8, 4) is 11.5 Å². The van der Waals surface area contributed by atoms with Gasteiger partial charge < -0.3 is 20.0 Å². The van der Waals surface area contributed by atoms with Gasteiger partial charge in [-0.25, -0.2) is 0 Å². The van der Waals surface area contributed by atoms with Crippen LogP contribution in [-0.4, -0.2) is 31.6 Å². The second-order valence-corrected chi connectivity index (χ2v) is 5.11. The highest BCUT2D eigenvalue weighted by molar-refractivity contribution is 5.32. The maximum atomic E-state index is 9.22. The SMILES string of the molecule is C=O.CC1(Oc2cccc(O)c2)CCC1.CCC.CNC. The van der Waals surface area contributed by atoms with Gasteiger partial charge in [0.2, 0.25) is 0 Å². The van der Waals surface area contributed by atoms with E-state index in [2.05, 4.69) is 26.1 Å². The highest BCUT2D eigenvalue weighted by Crippen LogP contribution is 2.36. The number of hydrogen-bond donors (Lipinski definition) is 2. The van der Waals surface area contributed by atoms with Crippen LogP contribution in [0, 0.1) is 0 Å². The van der Waals surface area contributed by atoms with Crippen molar-refractivity contribution in [2.75, 3.05) is 14.1 Å². The Kier molecular flexibility index (Phi) is 13.9. The quantitative estimate of drug-likeness (QED) is 0.872. The molecule has 2 N–H and O–H groups in total. The highest BCUT2D eigenvalue weighted by atomic mass is 16.5. The van der Waals surface area contributed by atoms with Gasteiger partial charge in [-0.3, -0.25) is 0 Å². The number of benzene rings is 1. The molecule has 0 amide bonds. The van der Waals surface area contributed by atoms with Crippen molar-refractivity contribution in [3.05, 3.63) is 24.3 Å². The van der Waals surface area contributed by atoms with Crippen LogP contribution in [0.15, 0.2) is 24.3 Å². The number of phenolic OH excluding ortho intramolecular Hbond substituents is 1. The van der Waals surface area contributed by atoms with Crippen molar-refractivity contribution >= 4 is 6.79 Å². The molecular weight excluding hydrogens is 266 g/mol. The number of carbonyl (C=O) groups excluding carboxylic acids is 1. The zero-order valence-corrected chi connectivity index (χ0v) is 14.1. The fourth-order valence-corrected chi connectivity index (χ4v) is 1.61. The average Bonchev–Trinajstić information content (AvgIpc) is 2.41. The Morgan fingerprint density at radius 2 is 1.76 bits per heavy atom. The summed E-state index contributed by atoms with van der Waals surface area (Å²) in [5.41, 5.74) is 0.00773. The second-order valence-electron chi connectivity index (χ2n) is 5.11. The summed E-state index contributed by atoms with van der Waals surface area (Å²) in [5, 5.41) is 12.0. The Hall–Kier alpha value is -1.55. The van der Waals surface area contributed by atoms with E-state index in [0.717, 1.165) is 18.6 Å². The summed E-state index contributed by atoms with van der Waals surface area (Å²) in [5.74, 6) is 1.03. The summed E-state index contributed by atoms with van der Waals surface area (Å²) in [6.07, 6.45) is 4.72. The molecule has 0 atom stereocenters. The molecule has 0 radical (unpaired) electrons. The van der Waals surface area contributed by atoms with Gasteiger partial charge in [-0.1, -0.05) is 26.3 Å². The van der Waals surface area contributed by atoms with E-state index in [-0.39, 0.29) is 11.4 Å². The Morgan fingerprint density at radius 3 is 2.10 bits per heavy atom. The molecule has 0 aliphatic heterocycles. The summed E-state index contributed by atoms with van der Waals surface area (Å²) in [4.78, 5) is 8.00. The predicted octanol–water partition coefficient (Wildman–Crippen LogP) is 3.78. The molecule has 4 heteroatoms. The van der Waals surface area contributed by atoms with E-state index in [1.54, 1.807) is 18.2 Å². The van der Waals surface area contributed by atoms with Crippen LogP contribution < -0.4 is 10.1 Å². The molecule has 0 heterocycles. The van der Waals surface area contributed by atoms with E-state index < -0.39 is 0 Å². The minimum atomic E-state index is 0.00773. The Labute approximate surface area is 129 Å². The average molecular weight is 297 g/mol. The normalized spacial score (nSPS) is 13.8. The molecule has 1 aromatic carbocycles. The first-order chi connectivity index (χ1) is 10.0. The van der Waals surface area contributed by atoms with Gasteiger partial charge in [-0.15, -0.1) is 0 Å². The lowest BCUT2D eigenvalue weighted by Gasteiger charge is -2.38. The molecule has 21 heavy (non-hydrogen) atoms. The number of rotatable bonds is 2. The van der Waals surface area contributed by atoms with Crippen molar-refractivity contribution in [2.45, 2.75) is 52.1 Å². The van der Waals surface area contributed by atoms with Crippen LogP contribution in [0.25, 0.3) is 0 Å². The number of aromatic hydroxyl groups is 1. The van der Waals surface area contributed by atoms with E-state index in [1.807, 2.05) is 27.0 Å². The molecule has 4 nitrogen and oxygen atoms in total. The minimum absolute atomic E-state index is 0.00773. The summed E-state index contributed by atoms with van der Waals surface area (Å²) in [7, 11) is 3.75. The van der Waals surface area contributed by atoms with Crippen LogP contribution in [0.2, 0.25) is 0 Å². The third-order valence-electron chi connectivity index (χ3n) is 2.59. The van der Waals surface area contributed by atoms with Crippen LogP contribution in [0.3, 0.4) is 0 Å². The molecule has 1 fully saturated rings. The largest absolute Gasteiger partial charge is 0.508 e. The minimum Gasteiger partial charge on any atom is -0.508 e. The fraction of sp³-hybridized carbons (Fsp3) is 0.588. The lowest BCUT2D eigenvalue weighted by atomic mass is 9.82. The Morgan fingerprint density at radius 1 is 1.29 bits per heavy atom. The van der Waals surface area contributed by atoms with Crippen molar-refractivity contribution in [1.29, 1.82) is 0 Å².